The van der Waals surface area contributed by atoms with Crippen molar-refractivity contribution in [3.8, 4) is 0 Å². The number of esters is 1. The van der Waals surface area contributed by atoms with Crippen LogP contribution in [0, 0.1) is 20.8 Å². The molecule has 3 rings (SSSR count). The summed E-state index contributed by atoms with van der Waals surface area (Å²) in [6, 6.07) is 14.6. The maximum Gasteiger partial charge on any atom is 0.344 e. The van der Waals surface area contributed by atoms with Crippen LogP contribution in [0.25, 0.3) is 0 Å². The van der Waals surface area contributed by atoms with Crippen LogP contribution in [0.2, 0.25) is 5.15 Å². The lowest BCUT2D eigenvalue weighted by Gasteiger charge is -2.19. The molecule has 0 saturated carbocycles. The van der Waals surface area contributed by atoms with Crippen LogP contribution in [0.15, 0.2) is 48.5 Å². The number of aromatic nitrogens is 2. The van der Waals surface area contributed by atoms with Crippen molar-refractivity contribution >= 4 is 29.2 Å². The van der Waals surface area contributed by atoms with Crippen molar-refractivity contribution in [3.05, 3.63) is 81.6 Å². The van der Waals surface area contributed by atoms with Gasteiger partial charge in [0.05, 0.1) is 5.69 Å². The molecule has 1 atom stereocenters. The van der Waals surface area contributed by atoms with E-state index in [1.807, 2.05) is 38.1 Å². The van der Waals surface area contributed by atoms with E-state index >= 15 is 0 Å². The molecule has 29 heavy (non-hydrogen) atoms. The molecule has 1 N–H and O–H groups in total. The molecule has 150 valence electrons. The molecule has 0 spiro atoms. The number of rotatable bonds is 5. The average Bonchev–Trinajstić information content (AvgIpc) is 2.95. The Balaban J connectivity index is 1.92. The number of amides is 1. The Morgan fingerprint density at radius 1 is 1.10 bits per heavy atom. The molecule has 0 aliphatic rings. The van der Waals surface area contributed by atoms with Crippen LogP contribution in [0.4, 0.5) is 5.69 Å². The topological polar surface area (TPSA) is 73.2 Å². The fourth-order valence-electron chi connectivity index (χ4n) is 3.00. The second-order valence-electron chi connectivity index (χ2n) is 6.88. The summed E-state index contributed by atoms with van der Waals surface area (Å²) in [4.78, 5) is 25.9. The number of nitrogens with one attached hydrogen (secondary N) is 1. The Morgan fingerprint density at radius 3 is 2.41 bits per heavy atom. The van der Waals surface area contributed by atoms with Gasteiger partial charge in [0, 0.05) is 18.3 Å². The molecular formula is C22H22ClN3O3. The second kappa shape index (κ2) is 8.49. The molecule has 1 heterocycles. The maximum absolute atomic E-state index is 13.1. The van der Waals surface area contributed by atoms with Crippen LogP contribution >= 0.6 is 11.6 Å². The van der Waals surface area contributed by atoms with E-state index in [-0.39, 0.29) is 10.7 Å². The number of halogens is 1. The molecule has 0 fully saturated rings. The van der Waals surface area contributed by atoms with E-state index in [4.69, 9.17) is 16.3 Å². The molecule has 2 aromatic carbocycles. The van der Waals surface area contributed by atoms with Gasteiger partial charge in [-0.1, -0.05) is 54.1 Å². The minimum atomic E-state index is -1.14. The molecule has 3 aromatic rings. The van der Waals surface area contributed by atoms with E-state index in [9.17, 15) is 9.59 Å². The SMILES string of the molecule is Cc1ccc(C)c(NC(=O)C(OC(=O)c2c(C)nn(C)c2Cl)c2ccccc2)c1. The van der Waals surface area contributed by atoms with Crippen molar-refractivity contribution in [3.63, 3.8) is 0 Å². The standard InChI is InChI=1S/C22H22ClN3O3/c1-13-10-11-14(2)17(12-13)24-21(27)19(16-8-6-5-7-9-16)29-22(28)18-15(3)25-26(4)20(18)23/h5-12,19H,1-4H3,(H,24,27). The number of carbonyl (C=O) groups is 2. The minimum Gasteiger partial charge on any atom is -0.444 e. The van der Waals surface area contributed by atoms with Crippen LogP contribution < -0.4 is 5.32 Å². The van der Waals surface area contributed by atoms with Gasteiger partial charge in [0.25, 0.3) is 5.91 Å². The van der Waals surface area contributed by atoms with E-state index < -0.39 is 18.0 Å². The molecule has 1 unspecified atom stereocenters. The summed E-state index contributed by atoms with van der Waals surface area (Å²) >= 11 is 6.19. The molecule has 1 aromatic heterocycles. The smallest absolute Gasteiger partial charge is 0.344 e. The van der Waals surface area contributed by atoms with Gasteiger partial charge in [0.1, 0.15) is 10.7 Å². The Morgan fingerprint density at radius 2 is 1.79 bits per heavy atom. The first-order valence-electron chi connectivity index (χ1n) is 9.11. The lowest BCUT2D eigenvalue weighted by atomic mass is 10.1. The van der Waals surface area contributed by atoms with Gasteiger partial charge >= 0.3 is 5.97 Å². The summed E-state index contributed by atoms with van der Waals surface area (Å²) in [7, 11) is 1.63. The zero-order valence-electron chi connectivity index (χ0n) is 16.7. The molecule has 0 saturated heterocycles. The highest BCUT2D eigenvalue weighted by Gasteiger charge is 2.29. The summed E-state index contributed by atoms with van der Waals surface area (Å²) in [6.45, 7) is 5.50. The quantitative estimate of drug-likeness (QED) is 0.626. The molecule has 1 amide bonds. The van der Waals surface area contributed by atoms with Crippen LogP contribution in [-0.4, -0.2) is 21.7 Å². The summed E-state index contributed by atoms with van der Waals surface area (Å²) < 4.78 is 7.00. The average molecular weight is 412 g/mol. The molecular weight excluding hydrogens is 390 g/mol. The van der Waals surface area contributed by atoms with E-state index in [0.717, 1.165) is 11.1 Å². The molecule has 0 aliphatic heterocycles. The van der Waals surface area contributed by atoms with Crippen LogP contribution in [-0.2, 0) is 16.6 Å². The van der Waals surface area contributed by atoms with Gasteiger partial charge in [0.15, 0.2) is 0 Å². The van der Waals surface area contributed by atoms with E-state index in [2.05, 4.69) is 10.4 Å². The maximum atomic E-state index is 13.1. The third-order valence-electron chi connectivity index (χ3n) is 4.57. The lowest BCUT2D eigenvalue weighted by molar-refractivity contribution is -0.125. The van der Waals surface area contributed by atoms with Crippen molar-refractivity contribution in [2.75, 3.05) is 5.32 Å². The Labute approximate surface area is 174 Å². The highest BCUT2D eigenvalue weighted by molar-refractivity contribution is 6.32. The highest BCUT2D eigenvalue weighted by atomic mass is 35.5. The summed E-state index contributed by atoms with van der Waals surface area (Å²) in [5.74, 6) is -1.15. The molecule has 0 aliphatic carbocycles. The van der Waals surface area contributed by atoms with Crippen LogP contribution in [0.5, 0.6) is 0 Å². The van der Waals surface area contributed by atoms with Gasteiger partial charge in [-0.05, 0) is 38.0 Å². The predicted octanol–water partition coefficient (Wildman–Crippen LogP) is 4.54. The number of benzene rings is 2. The fourth-order valence-corrected chi connectivity index (χ4v) is 3.25. The predicted molar refractivity (Wildman–Crippen MR) is 112 cm³/mol. The van der Waals surface area contributed by atoms with Crippen molar-refractivity contribution in [1.29, 1.82) is 0 Å². The lowest BCUT2D eigenvalue weighted by Crippen LogP contribution is -2.26. The number of carbonyl (C=O) groups excluding carboxylic acids is 2. The van der Waals surface area contributed by atoms with Gasteiger partial charge in [-0.25, -0.2) is 4.79 Å². The van der Waals surface area contributed by atoms with Crippen molar-refractivity contribution in [1.82, 2.24) is 9.78 Å². The number of hydrogen-bond acceptors (Lipinski definition) is 4. The van der Waals surface area contributed by atoms with Gasteiger partial charge < -0.3 is 10.1 Å². The van der Waals surface area contributed by atoms with Crippen LogP contribution in [0.3, 0.4) is 0 Å². The zero-order chi connectivity index (χ0) is 21.1. The van der Waals surface area contributed by atoms with Crippen molar-refractivity contribution in [2.24, 2.45) is 7.05 Å². The summed E-state index contributed by atoms with van der Waals surface area (Å²) in [5.41, 5.74) is 3.73. The minimum absolute atomic E-state index is 0.148. The third-order valence-corrected chi connectivity index (χ3v) is 5.01. The van der Waals surface area contributed by atoms with Crippen LogP contribution in [0.1, 0.15) is 38.8 Å². The highest BCUT2D eigenvalue weighted by Crippen LogP contribution is 2.26. The number of ether oxygens (including phenoxy) is 1. The van der Waals surface area contributed by atoms with E-state index in [0.29, 0.717) is 16.9 Å². The fraction of sp³-hybridized carbons (Fsp3) is 0.227. The molecule has 0 bridgehead atoms. The normalized spacial score (nSPS) is 11.8. The monoisotopic (exact) mass is 411 g/mol. The zero-order valence-corrected chi connectivity index (χ0v) is 17.4. The first-order chi connectivity index (χ1) is 13.8. The van der Waals surface area contributed by atoms with Gasteiger partial charge in [-0.2, -0.15) is 5.10 Å². The van der Waals surface area contributed by atoms with Gasteiger partial charge in [-0.15, -0.1) is 0 Å². The van der Waals surface area contributed by atoms with Gasteiger partial charge in [-0.3, -0.25) is 9.48 Å². The molecule has 7 heteroatoms. The summed E-state index contributed by atoms with van der Waals surface area (Å²) in [5, 5.41) is 7.16. The summed E-state index contributed by atoms with van der Waals surface area (Å²) in [6.07, 6.45) is -1.14. The Kier molecular flexibility index (Phi) is 6.03. The first kappa shape index (κ1) is 20.6. The largest absolute Gasteiger partial charge is 0.444 e. The Hall–Kier alpha value is -3.12. The van der Waals surface area contributed by atoms with Crippen molar-refractivity contribution in [2.45, 2.75) is 26.9 Å². The number of aryl methyl sites for hydroxylation is 4. The van der Waals surface area contributed by atoms with E-state index in [1.54, 1.807) is 38.2 Å². The first-order valence-corrected chi connectivity index (χ1v) is 9.49. The number of hydrogen-bond donors (Lipinski definition) is 1. The Bertz CT molecular complexity index is 1060. The number of nitrogens with zero attached hydrogens (tertiary/aromatic N) is 2. The van der Waals surface area contributed by atoms with Crippen molar-refractivity contribution < 1.29 is 14.3 Å². The number of anilines is 1. The van der Waals surface area contributed by atoms with E-state index in [1.165, 1.54) is 4.68 Å². The van der Waals surface area contributed by atoms with Gasteiger partial charge in [0.2, 0.25) is 6.10 Å². The molecule has 0 radical (unpaired) electrons. The third kappa shape index (κ3) is 4.49. The second-order valence-corrected chi connectivity index (χ2v) is 7.24. The molecule has 6 nitrogen and oxygen atoms in total.